The molecule has 0 saturated heterocycles. The Labute approximate surface area is 187 Å². The van der Waals surface area contributed by atoms with Crippen LogP contribution in [0.25, 0.3) is 0 Å². The Balaban J connectivity index is 0.00000280. The summed E-state index contributed by atoms with van der Waals surface area (Å²) in [5, 5.41) is 7.13. The Bertz CT molecular complexity index is 846. The predicted octanol–water partition coefficient (Wildman–Crippen LogP) is 3.91. The lowest BCUT2D eigenvalue weighted by molar-refractivity contribution is 0.171. The summed E-state index contributed by atoms with van der Waals surface area (Å²) in [4.78, 5) is 4.27. The van der Waals surface area contributed by atoms with Gasteiger partial charge in [0, 0.05) is 25.7 Å². The van der Waals surface area contributed by atoms with Gasteiger partial charge in [0.25, 0.3) is 0 Å². The van der Waals surface area contributed by atoms with Crippen LogP contribution in [-0.2, 0) is 13.1 Å². The number of ether oxygens (including phenoxy) is 3. The van der Waals surface area contributed by atoms with Crippen molar-refractivity contribution < 1.29 is 14.2 Å². The van der Waals surface area contributed by atoms with Gasteiger partial charge in [0.05, 0.1) is 12.1 Å². The van der Waals surface area contributed by atoms with E-state index in [0.29, 0.717) is 48.8 Å². The van der Waals surface area contributed by atoms with Crippen LogP contribution >= 0.6 is 35.6 Å². The van der Waals surface area contributed by atoms with Crippen LogP contribution in [0, 0.1) is 6.92 Å². The molecule has 6 nitrogen and oxygen atoms in total. The lowest BCUT2D eigenvalue weighted by Crippen LogP contribution is -2.36. The second kappa shape index (κ2) is 10.6. The minimum absolute atomic E-state index is 0. The van der Waals surface area contributed by atoms with Crippen LogP contribution < -0.4 is 24.8 Å². The third-order valence-corrected chi connectivity index (χ3v) is 4.51. The molecule has 0 saturated carbocycles. The second-order valence-electron chi connectivity index (χ2n) is 6.20. The molecule has 2 aromatic rings. The van der Waals surface area contributed by atoms with E-state index in [1.807, 2.05) is 25.1 Å². The maximum absolute atomic E-state index is 6.29. The highest BCUT2D eigenvalue weighted by Gasteiger charge is 2.16. The number of hydrogen-bond acceptors (Lipinski definition) is 4. The van der Waals surface area contributed by atoms with E-state index in [1.165, 1.54) is 0 Å². The first-order valence-electron chi connectivity index (χ1n) is 8.76. The lowest BCUT2D eigenvalue weighted by Gasteiger charge is -2.20. The van der Waals surface area contributed by atoms with Crippen molar-refractivity contribution in [2.24, 2.45) is 4.99 Å². The van der Waals surface area contributed by atoms with Crippen LogP contribution in [0.3, 0.4) is 0 Å². The van der Waals surface area contributed by atoms with Crippen molar-refractivity contribution >= 4 is 41.5 Å². The highest BCUT2D eigenvalue weighted by atomic mass is 127. The lowest BCUT2D eigenvalue weighted by atomic mass is 10.1. The number of aliphatic imine (C=N–C) groups is 1. The van der Waals surface area contributed by atoms with E-state index >= 15 is 0 Å². The summed E-state index contributed by atoms with van der Waals surface area (Å²) in [5.74, 6) is 2.83. The van der Waals surface area contributed by atoms with Gasteiger partial charge in [0.15, 0.2) is 17.5 Å². The van der Waals surface area contributed by atoms with Gasteiger partial charge in [0.2, 0.25) is 0 Å². The molecule has 0 aromatic heterocycles. The third kappa shape index (κ3) is 5.57. The molecule has 2 aromatic carbocycles. The minimum atomic E-state index is 0. The van der Waals surface area contributed by atoms with Crippen LogP contribution in [0.15, 0.2) is 35.3 Å². The highest BCUT2D eigenvalue weighted by Crippen LogP contribution is 2.38. The van der Waals surface area contributed by atoms with Crippen LogP contribution in [0.4, 0.5) is 0 Å². The van der Waals surface area contributed by atoms with E-state index in [-0.39, 0.29) is 24.0 Å². The molecule has 0 fully saturated rings. The molecule has 0 unspecified atom stereocenters. The van der Waals surface area contributed by atoms with Gasteiger partial charge in [-0.3, -0.25) is 4.99 Å². The SMILES string of the molecule is CN=C(NCc1cc(Cl)c2c(c1)OCCO2)NCc1ccc(C)cc1OC.I. The normalized spacial score (nSPS) is 12.8. The van der Waals surface area contributed by atoms with Gasteiger partial charge >= 0.3 is 0 Å². The minimum Gasteiger partial charge on any atom is -0.496 e. The van der Waals surface area contributed by atoms with Crippen molar-refractivity contribution in [3.05, 3.63) is 52.0 Å². The first kappa shape index (κ1) is 22.4. The average molecular weight is 518 g/mol. The molecule has 0 amide bonds. The van der Waals surface area contributed by atoms with Crippen molar-refractivity contribution in [2.75, 3.05) is 27.4 Å². The van der Waals surface area contributed by atoms with E-state index < -0.39 is 0 Å². The molecule has 28 heavy (non-hydrogen) atoms. The predicted molar refractivity (Wildman–Crippen MR) is 123 cm³/mol. The van der Waals surface area contributed by atoms with Gasteiger partial charge in [-0.2, -0.15) is 0 Å². The number of benzene rings is 2. The molecule has 0 bridgehead atoms. The monoisotopic (exact) mass is 517 g/mol. The summed E-state index contributed by atoms with van der Waals surface area (Å²) >= 11 is 6.29. The third-order valence-electron chi connectivity index (χ3n) is 4.23. The topological polar surface area (TPSA) is 64.1 Å². The number of methoxy groups -OCH3 is 1. The molecular formula is C20H25ClIN3O3. The molecule has 0 radical (unpaired) electrons. The number of nitrogens with one attached hydrogen (secondary N) is 2. The van der Waals surface area contributed by atoms with E-state index in [2.05, 4.69) is 27.8 Å². The second-order valence-corrected chi connectivity index (χ2v) is 6.60. The zero-order valence-electron chi connectivity index (χ0n) is 16.2. The Morgan fingerprint density at radius 2 is 1.89 bits per heavy atom. The molecular weight excluding hydrogens is 493 g/mol. The Hall–Kier alpha value is -1.87. The van der Waals surface area contributed by atoms with Crippen molar-refractivity contribution in [3.63, 3.8) is 0 Å². The summed E-state index contributed by atoms with van der Waals surface area (Å²) in [7, 11) is 3.41. The molecule has 2 N–H and O–H groups in total. The summed E-state index contributed by atoms with van der Waals surface area (Å²) in [6.07, 6.45) is 0. The quantitative estimate of drug-likeness (QED) is 0.358. The van der Waals surface area contributed by atoms with Gasteiger partial charge in [-0.15, -0.1) is 24.0 Å². The fourth-order valence-corrected chi connectivity index (χ4v) is 3.14. The molecule has 0 aliphatic carbocycles. The molecule has 152 valence electrons. The maximum atomic E-state index is 6.29. The fraction of sp³-hybridized carbons (Fsp3) is 0.350. The van der Waals surface area contributed by atoms with Crippen LogP contribution in [0.1, 0.15) is 16.7 Å². The van der Waals surface area contributed by atoms with Gasteiger partial charge in [-0.25, -0.2) is 0 Å². The van der Waals surface area contributed by atoms with E-state index in [4.69, 9.17) is 25.8 Å². The zero-order valence-corrected chi connectivity index (χ0v) is 19.3. The van der Waals surface area contributed by atoms with E-state index in [1.54, 1.807) is 14.2 Å². The molecule has 8 heteroatoms. The number of fused-ring (bicyclic) bond motifs is 1. The number of aryl methyl sites for hydroxylation is 1. The Morgan fingerprint density at radius 1 is 1.14 bits per heavy atom. The first-order valence-corrected chi connectivity index (χ1v) is 9.14. The van der Waals surface area contributed by atoms with Crippen molar-refractivity contribution in [1.82, 2.24) is 10.6 Å². The van der Waals surface area contributed by atoms with Crippen molar-refractivity contribution in [1.29, 1.82) is 0 Å². The molecule has 0 atom stereocenters. The molecule has 1 heterocycles. The first-order chi connectivity index (χ1) is 13.1. The Kier molecular flexibility index (Phi) is 8.50. The zero-order chi connectivity index (χ0) is 19.2. The number of rotatable bonds is 5. The number of hydrogen-bond donors (Lipinski definition) is 2. The molecule has 0 spiro atoms. The maximum Gasteiger partial charge on any atom is 0.191 e. The molecule has 1 aliphatic rings. The van der Waals surface area contributed by atoms with E-state index in [9.17, 15) is 0 Å². The smallest absolute Gasteiger partial charge is 0.191 e. The van der Waals surface area contributed by atoms with Gasteiger partial charge in [-0.05, 0) is 36.2 Å². The van der Waals surface area contributed by atoms with Crippen LogP contribution in [0.5, 0.6) is 17.2 Å². The largest absolute Gasteiger partial charge is 0.496 e. The van der Waals surface area contributed by atoms with Gasteiger partial charge in [-0.1, -0.05) is 23.7 Å². The van der Waals surface area contributed by atoms with Crippen molar-refractivity contribution in [3.8, 4) is 17.2 Å². The fourth-order valence-electron chi connectivity index (χ4n) is 2.85. The van der Waals surface area contributed by atoms with E-state index in [0.717, 1.165) is 22.4 Å². The summed E-state index contributed by atoms with van der Waals surface area (Å²) in [6, 6.07) is 9.94. The van der Waals surface area contributed by atoms with Crippen LogP contribution in [-0.4, -0.2) is 33.3 Å². The number of guanidine groups is 1. The summed E-state index contributed by atoms with van der Waals surface area (Å²) in [5.41, 5.74) is 3.21. The summed E-state index contributed by atoms with van der Waals surface area (Å²) < 4.78 is 16.6. The van der Waals surface area contributed by atoms with Crippen LogP contribution in [0.2, 0.25) is 5.02 Å². The average Bonchev–Trinajstić information content (AvgIpc) is 2.69. The molecule has 1 aliphatic heterocycles. The highest BCUT2D eigenvalue weighted by molar-refractivity contribution is 14.0. The number of halogens is 2. The summed E-state index contributed by atoms with van der Waals surface area (Å²) in [6.45, 7) is 4.25. The Morgan fingerprint density at radius 3 is 2.64 bits per heavy atom. The number of nitrogens with zero attached hydrogens (tertiary/aromatic N) is 1. The van der Waals surface area contributed by atoms with Crippen molar-refractivity contribution in [2.45, 2.75) is 20.0 Å². The van der Waals surface area contributed by atoms with Gasteiger partial charge in [0.1, 0.15) is 19.0 Å². The molecule has 3 rings (SSSR count). The van der Waals surface area contributed by atoms with Gasteiger partial charge < -0.3 is 24.8 Å². The standard InChI is InChI=1S/C20H24ClN3O3.HI/c1-13-4-5-15(17(8-13)25-3)12-24-20(22-2)23-11-14-9-16(21)19-18(10-14)26-6-7-27-19;/h4-5,8-10H,6-7,11-12H2,1-3H3,(H2,22,23,24);1H.